The standard InChI is InChI=1S/C15H20O3/c1-2-18-15(17)9-11-4-3-5-12-6-7-14(16)10-13(12)8-11/h6-7,10-11,16H,2-5,8-9H2,1H3. The van der Waals surface area contributed by atoms with Crippen LogP contribution >= 0.6 is 0 Å². The number of phenolic OH excluding ortho intramolecular Hbond substituents is 1. The molecule has 1 aromatic rings. The van der Waals surface area contributed by atoms with Gasteiger partial charge < -0.3 is 9.84 Å². The summed E-state index contributed by atoms with van der Waals surface area (Å²) < 4.78 is 5.01. The average Bonchev–Trinajstić information content (AvgIpc) is 2.50. The van der Waals surface area contributed by atoms with E-state index in [0.29, 0.717) is 24.7 Å². The van der Waals surface area contributed by atoms with Gasteiger partial charge in [0.1, 0.15) is 5.75 Å². The fourth-order valence-corrected chi connectivity index (χ4v) is 2.67. The van der Waals surface area contributed by atoms with Gasteiger partial charge in [-0.25, -0.2) is 0 Å². The molecule has 0 aromatic heterocycles. The number of hydrogen-bond acceptors (Lipinski definition) is 3. The predicted molar refractivity (Wildman–Crippen MR) is 69.5 cm³/mol. The van der Waals surface area contributed by atoms with Crippen LogP contribution in [0.4, 0.5) is 0 Å². The third kappa shape index (κ3) is 3.25. The normalized spacial score (nSPS) is 18.8. The molecule has 1 atom stereocenters. The molecule has 0 bridgehead atoms. The van der Waals surface area contributed by atoms with Gasteiger partial charge in [0.25, 0.3) is 0 Å². The van der Waals surface area contributed by atoms with Crippen LogP contribution in [0.1, 0.15) is 37.3 Å². The van der Waals surface area contributed by atoms with Crippen molar-refractivity contribution in [2.75, 3.05) is 6.61 Å². The molecule has 2 rings (SSSR count). The topological polar surface area (TPSA) is 46.5 Å². The van der Waals surface area contributed by atoms with Crippen LogP contribution in [-0.4, -0.2) is 17.7 Å². The largest absolute Gasteiger partial charge is 0.508 e. The van der Waals surface area contributed by atoms with Gasteiger partial charge in [0.15, 0.2) is 0 Å². The number of ether oxygens (including phenoxy) is 1. The lowest BCUT2D eigenvalue weighted by molar-refractivity contribution is -0.144. The van der Waals surface area contributed by atoms with Gasteiger partial charge in [-0.1, -0.05) is 6.07 Å². The summed E-state index contributed by atoms with van der Waals surface area (Å²) in [4.78, 5) is 11.5. The Morgan fingerprint density at radius 3 is 3.06 bits per heavy atom. The van der Waals surface area contributed by atoms with Crippen LogP contribution in [0.25, 0.3) is 0 Å². The van der Waals surface area contributed by atoms with Crippen LogP contribution in [0.2, 0.25) is 0 Å². The van der Waals surface area contributed by atoms with E-state index in [9.17, 15) is 9.90 Å². The van der Waals surface area contributed by atoms with Gasteiger partial charge in [0.05, 0.1) is 6.61 Å². The van der Waals surface area contributed by atoms with E-state index in [2.05, 4.69) is 0 Å². The third-order valence-corrected chi connectivity index (χ3v) is 3.52. The number of benzene rings is 1. The Kier molecular flexibility index (Phi) is 4.24. The second-order valence-corrected chi connectivity index (χ2v) is 4.92. The molecule has 1 aliphatic rings. The van der Waals surface area contributed by atoms with Crippen LogP contribution in [0.15, 0.2) is 18.2 Å². The maximum Gasteiger partial charge on any atom is 0.306 e. The highest BCUT2D eigenvalue weighted by Crippen LogP contribution is 2.29. The quantitative estimate of drug-likeness (QED) is 0.661. The first-order valence-corrected chi connectivity index (χ1v) is 6.65. The smallest absolute Gasteiger partial charge is 0.306 e. The molecule has 0 amide bonds. The summed E-state index contributed by atoms with van der Waals surface area (Å²) in [7, 11) is 0. The second kappa shape index (κ2) is 5.89. The number of rotatable bonds is 3. The highest BCUT2D eigenvalue weighted by atomic mass is 16.5. The molecule has 1 aromatic carbocycles. The molecule has 1 unspecified atom stereocenters. The summed E-state index contributed by atoms with van der Waals surface area (Å²) >= 11 is 0. The Bertz CT molecular complexity index is 426. The van der Waals surface area contributed by atoms with Gasteiger partial charge in [-0.3, -0.25) is 4.79 Å². The van der Waals surface area contributed by atoms with Crippen molar-refractivity contribution < 1.29 is 14.6 Å². The van der Waals surface area contributed by atoms with Crippen molar-refractivity contribution in [2.45, 2.75) is 39.0 Å². The molecule has 1 aliphatic carbocycles. The maximum absolute atomic E-state index is 11.5. The number of fused-ring (bicyclic) bond motifs is 1. The first-order valence-electron chi connectivity index (χ1n) is 6.65. The molecule has 0 aliphatic heterocycles. The fraction of sp³-hybridized carbons (Fsp3) is 0.533. The highest BCUT2D eigenvalue weighted by Gasteiger charge is 2.20. The lowest BCUT2D eigenvalue weighted by Gasteiger charge is -2.13. The van der Waals surface area contributed by atoms with Crippen molar-refractivity contribution in [3.8, 4) is 5.75 Å². The number of carbonyl (C=O) groups excluding carboxylic acids is 1. The van der Waals surface area contributed by atoms with E-state index in [4.69, 9.17) is 4.74 Å². The van der Waals surface area contributed by atoms with Crippen molar-refractivity contribution in [2.24, 2.45) is 5.92 Å². The number of esters is 1. The molecule has 1 N–H and O–H groups in total. The van der Waals surface area contributed by atoms with Crippen molar-refractivity contribution in [3.63, 3.8) is 0 Å². The Morgan fingerprint density at radius 2 is 2.28 bits per heavy atom. The molecule has 98 valence electrons. The molecule has 0 saturated carbocycles. The zero-order chi connectivity index (χ0) is 13.0. The average molecular weight is 248 g/mol. The molecular formula is C15H20O3. The molecule has 0 spiro atoms. The highest BCUT2D eigenvalue weighted by molar-refractivity contribution is 5.69. The van der Waals surface area contributed by atoms with Crippen LogP contribution < -0.4 is 0 Å². The Morgan fingerprint density at radius 1 is 1.44 bits per heavy atom. The van der Waals surface area contributed by atoms with E-state index < -0.39 is 0 Å². The van der Waals surface area contributed by atoms with E-state index in [0.717, 1.165) is 25.7 Å². The van der Waals surface area contributed by atoms with Gasteiger partial charge in [-0.05, 0) is 61.8 Å². The van der Waals surface area contributed by atoms with Gasteiger partial charge in [-0.15, -0.1) is 0 Å². The summed E-state index contributed by atoms with van der Waals surface area (Å²) in [6.45, 7) is 2.28. The molecule has 18 heavy (non-hydrogen) atoms. The number of aromatic hydroxyl groups is 1. The SMILES string of the molecule is CCOC(=O)CC1CCCc2ccc(O)cc2C1. The molecule has 0 fully saturated rings. The zero-order valence-corrected chi connectivity index (χ0v) is 10.8. The van der Waals surface area contributed by atoms with E-state index in [-0.39, 0.29) is 5.97 Å². The Balaban J connectivity index is 2.06. The molecule has 0 saturated heterocycles. The Labute approximate surface area is 108 Å². The second-order valence-electron chi connectivity index (χ2n) is 4.92. The summed E-state index contributed by atoms with van der Waals surface area (Å²) in [6.07, 6.45) is 4.54. The fourth-order valence-electron chi connectivity index (χ4n) is 2.67. The van der Waals surface area contributed by atoms with Gasteiger partial charge in [0.2, 0.25) is 0 Å². The lowest BCUT2D eigenvalue weighted by Crippen LogP contribution is -2.13. The minimum atomic E-state index is -0.105. The zero-order valence-electron chi connectivity index (χ0n) is 10.8. The van der Waals surface area contributed by atoms with Crippen molar-refractivity contribution >= 4 is 5.97 Å². The summed E-state index contributed by atoms with van der Waals surface area (Å²) in [6, 6.07) is 5.57. The van der Waals surface area contributed by atoms with Crippen LogP contribution in [-0.2, 0) is 22.4 Å². The summed E-state index contributed by atoms with van der Waals surface area (Å²) in [5.41, 5.74) is 2.49. The van der Waals surface area contributed by atoms with Crippen LogP contribution in [0.5, 0.6) is 5.75 Å². The first-order chi connectivity index (χ1) is 8.69. The van der Waals surface area contributed by atoms with Crippen molar-refractivity contribution in [3.05, 3.63) is 29.3 Å². The van der Waals surface area contributed by atoms with E-state index in [1.165, 1.54) is 11.1 Å². The number of aryl methyl sites for hydroxylation is 1. The number of phenols is 1. The molecule has 3 nitrogen and oxygen atoms in total. The maximum atomic E-state index is 11.5. The van der Waals surface area contributed by atoms with Crippen LogP contribution in [0, 0.1) is 5.92 Å². The van der Waals surface area contributed by atoms with E-state index in [1.807, 2.05) is 19.1 Å². The van der Waals surface area contributed by atoms with E-state index >= 15 is 0 Å². The molecule has 0 heterocycles. The molecular weight excluding hydrogens is 228 g/mol. The van der Waals surface area contributed by atoms with E-state index in [1.54, 1.807) is 6.07 Å². The minimum Gasteiger partial charge on any atom is -0.508 e. The third-order valence-electron chi connectivity index (χ3n) is 3.52. The summed E-state index contributed by atoms with van der Waals surface area (Å²) in [5.74, 6) is 0.545. The van der Waals surface area contributed by atoms with Gasteiger partial charge in [-0.2, -0.15) is 0 Å². The Hall–Kier alpha value is -1.51. The minimum absolute atomic E-state index is 0.105. The molecule has 0 radical (unpaired) electrons. The number of carbonyl (C=O) groups is 1. The first kappa shape index (κ1) is 12.9. The van der Waals surface area contributed by atoms with Crippen molar-refractivity contribution in [1.29, 1.82) is 0 Å². The number of hydrogen-bond donors (Lipinski definition) is 1. The van der Waals surface area contributed by atoms with Gasteiger partial charge >= 0.3 is 5.97 Å². The predicted octanol–water partition coefficient (Wildman–Crippen LogP) is 2.84. The molecule has 3 heteroatoms. The van der Waals surface area contributed by atoms with Gasteiger partial charge in [0, 0.05) is 6.42 Å². The van der Waals surface area contributed by atoms with Crippen molar-refractivity contribution in [1.82, 2.24) is 0 Å². The summed E-state index contributed by atoms with van der Waals surface area (Å²) in [5, 5.41) is 9.54. The monoisotopic (exact) mass is 248 g/mol. The van der Waals surface area contributed by atoms with Crippen LogP contribution in [0.3, 0.4) is 0 Å². The lowest BCUT2D eigenvalue weighted by atomic mass is 9.94.